The Labute approximate surface area is 99.4 Å². The topological polar surface area (TPSA) is 83.5 Å². The number of hydrogen-bond donors (Lipinski definition) is 1. The van der Waals surface area contributed by atoms with Crippen LogP contribution in [0.3, 0.4) is 0 Å². The summed E-state index contributed by atoms with van der Waals surface area (Å²) in [6, 6.07) is 3.27. The van der Waals surface area contributed by atoms with Gasteiger partial charge in [0.05, 0.1) is 11.8 Å². The number of likely N-dealkylation sites (N-methyl/N-ethyl adjacent to an activating group) is 1. The molecule has 0 bridgehead atoms. The molecular formula is C9H13ClN4O2. The van der Waals surface area contributed by atoms with Gasteiger partial charge in [-0.25, -0.2) is 4.57 Å². The summed E-state index contributed by atoms with van der Waals surface area (Å²) in [5.41, 5.74) is 0.333. The van der Waals surface area contributed by atoms with Crippen molar-refractivity contribution < 1.29 is 9.67 Å². The molecule has 0 saturated carbocycles. The van der Waals surface area contributed by atoms with Gasteiger partial charge in [0.2, 0.25) is 0 Å². The third-order valence-corrected chi connectivity index (χ3v) is 1.94. The summed E-state index contributed by atoms with van der Waals surface area (Å²) < 4.78 is 1.74. The van der Waals surface area contributed by atoms with E-state index in [9.17, 15) is 10.0 Å². The minimum Gasteiger partial charge on any atom is -0.859 e. The van der Waals surface area contributed by atoms with E-state index in [0.717, 1.165) is 0 Å². The van der Waals surface area contributed by atoms with E-state index >= 15 is 0 Å². The summed E-state index contributed by atoms with van der Waals surface area (Å²) in [5, 5.41) is 21.7. The number of aromatic nitrogens is 1. The predicted molar refractivity (Wildman–Crippen MR) is 59.1 cm³/mol. The summed E-state index contributed by atoms with van der Waals surface area (Å²) in [4.78, 5) is 10.1. The van der Waals surface area contributed by atoms with Gasteiger partial charge in [-0.3, -0.25) is 5.01 Å². The third kappa shape index (κ3) is 4.22. The Morgan fingerprint density at radius 2 is 2.38 bits per heavy atom. The summed E-state index contributed by atoms with van der Waals surface area (Å²) >= 11 is 0. The van der Waals surface area contributed by atoms with Crippen molar-refractivity contribution in [3.63, 3.8) is 0 Å². The van der Waals surface area contributed by atoms with Gasteiger partial charge < -0.3 is 10.5 Å². The van der Waals surface area contributed by atoms with E-state index in [2.05, 4.69) is 5.29 Å². The van der Waals surface area contributed by atoms with Crippen molar-refractivity contribution in [2.24, 2.45) is 5.29 Å². The van der Waals surface area contributed by atoms with Crippen molar-refractivity contribution in [2.75, 3.05) is 13.6 Å². The van der Waals surface area contributed by atoms with Crippen molar-refractivity contribution in [3.05, 3.63) is 35.0 Å². The lowest BCUT2D eigenvalue weighted by Crippen LogP contribution is -2.39. The molecule has 1 aromatic rings. The van der Waals surface area contributed by atoms with Gasteiger partial charge in [0.25, 0.3) is 0 Å². The van der Waals surface area contributed by atoms with E-state index in [1.54, 1.807) is 36.1 Å². The molecule has 0 radical (unpaired) electrons. The highest BCUT2D eigenvalue weighted by Crippen LogP contribution is 1.92. The van der Waals surface area contributed by atoms with E-state index in [1.165, 1.54) is 5.01 Å². The summed E-state index contributed by atoms with van der Waals surface area (Å²) in [5.74, 6) is -0.716. The molecule has 0 aliphatic rings. The van der Waals surface area contributed by atoms with Gasteiger partial charge in [0, 0.05) is 18.7 Å². The normalized spacial score (nSPS) is 9.06. The molecule has 0 saturated heterocycles. The fraction of sp³-hybridized carbons (Fsp3) is 0.333. The molecular weight excluding hydrogens is 232 g/mol. The zero-order valence-electron chi connectivity index (χ0n) is 8.79. The van der Waals surface area contributed by atoms with Gasteiger partial charge in [-0.1, -0.05) is 0 Å². The zero-order chi connectivity index (χ0) is 11.3. The van der Waals surface area contributed by atoms with E-state index in [-0.39, 0.29) is 12.4 Å². The smallest absolute Gasteiger partial charge is 0.177 e. The van der Waals surface area contributed by atoms with Crippen molar-refractivity contribution in [1.29, 1.82) is 5.41 Å². The van der Waals surface area contributed by atoms with Crippen LogP contribution in [0.25, 0.3) is 0 Å². The summed E-state index contributed by atoms with van der Waals surface area (Å²) in [6.45, 7) is 1.01. The maximum atomic E-state index is 10.8. The molecule has 7 heteroatoms. The standard InChI is InChI=1S/C9H12N4O2.ClH/c1-12(11-15)5-6-13-4-2-3-8(7-13)9(10)14;/h2-4,7H,5-6H2,1H3,(H-,10,14);1H. The quantitative estimate of drug-likeness (QED) is 0.254. The van der Waals surface area contributed by atoms with Gasteiger partial charge >= 0.3 is 0 Å². The number of nitrogens with one attached hydrogen (secondary N) is 1. The van der Waals surface area contributed by atoms with E-state index < -0.39 is 5.90 Å². The fourth-order valence-corrected chi connectivity index (χ4v) is 1.10. The van der Waals surface area contributed by atoms with Gasteiger partial charge in [0.1, 0.15) is 0 Å². The SMILES string of the molecule is CN(CC[n+]1cccc(C(=N)[O-])c1)N=O.Cl. The molecule has 0 spiro atoms. The minimum absolute atomic E-state index is 0. The summed E-state index contributed by atoms with van der Waals surface area (Å²) in [6.07, 6.45) is 3.35. The van der Waals surface area contributed by atoms with E-state index in [0.29, 0.717) is 18.7 Å². The van der Waals surface area contributed by atoms with Crippen molar-refractivity contribution >= 4 is 18.3 Å². The Morgan fingerprint density at radius 1 is 1.69 bits per heavy atom. The molecule has 0 aliphatic carbocycles. The number of hydrogen-bond acceptors (Lipinski definition) is 4. The van der Waals surface area contributed by atoms with Crippen LogP contribution < -0.4 is 9.67 Å². The predicted octanol–water partition coefficient (Wildman–Crippen LogP) is -0.305. The molecule has 1 N–H and O–H groups in total. The Balaban J connectivity index is 0.00000225. The number of pyridine rings is 1. The van der Waals surface area contributed by atoms with Crippen LogP contribution in [0.15, 0.2) is 29.8 Å². The van der Waals surface area contributed by atoms with Crippen molar-refractivity contribution in [1.82, 2.24) is 5.01 Å². The third-order valence-electron chi connectivity index (χ3n) is 1.94. The van der Waals surface area contributed by atoms with Crippen LogP contribution in [0.4, 0.5) is 0 Å². The molecule has 0 atom stereocenters. The number of nitrogens with zero attached hydrogens (tertiary/aromatic N) is 3. The van der Waals surface area contributed by atoms with Gasteiger partial charge in [-0.15, -0.1) is 17.3 Å². The number of rotatable bonds is 5. The number of nitroso groups, excluding NO2 is 1. The molecule has 1 aromatic heterocycles. The molecule has 0 amide bonds. The Hall–Kier alpha value is -1.69. The Morgan fingerprint density at radius 3 is 2.94 bits per heavy atom. The van der Waals surface area contributed by atoms with Crippen molar-refractivity contribution in [2.45, 2.75) is 6.54 Å². The van der Waals surface area contributed by atoms with E-state index in [1.807, 2.05) is 0 Å². The van der Waals surface area contributed by atoms with Crippen molar-refractivity contribution in [3.8, 4) is 0 Å². The molecule has 1 rings (SSSR count). The van der Waals surface area contributed by atoms with Gasteiger partial charge in [-0.05, 0) is 12.0 Å². The first kappa shape index (κ1) is 14.3. The highest BCUT2D eigenvalue weighted by molar-refractivity contribution is 5.87. The minimum atomic E-state index is -0.716. The molecule has 0 unspecified atom stereocenters. The summed E-state index contributed by atoms with van der Waals surface area (Å²) in [7, 11) is 1.58. The second-order valence-electron chi connectivity index (χ2n) is 3.12. The van der Waals surface area contributed by atoms with Gasteiger partial charge in [-0.2, -0.15) is 0 Å². The molecule has 6 nitrogen and oxygen atoms in total. The average molecular weight is 245 g/mol. The second-order valence-corrected chi connectivity index (χ2v) is 3.12. The lowest BCUT2D eigenvalue weighted by Gasteiger charge is -2.07. The largest absolute Gasteiger partial charge is 0.859 e. The van der Waals surface area contributed by atoms with Gasteiger partial charge in [0.15, 0.2) is 18.9 Å². The molecule has 16 heavy (non-hydrogen) atoms. The molecule has 0 aliphatic heterocycles. The monoisotopic (exact) mass is 244 g/mol. The first-order chi connectivity index (χ1) is 7.13. The molecule has 88 valence electrons. The van der Waals surface area contributed by atoms with E-state index in [4.69, 9.17) is 5.41 Å². The highest BCUT2D eigenvalue weighted by Gasteiger charge is 2.04. The van der Waals surface area contributed by atoms with Crippen LogP contribution in [0.2, 0.25) is 0 Å². The maximum Gasteiger partial charge on any atom is 0.177 e. The zero-order valence-corrected chi connectivity index (χ0v) is 9.61. The molecule has 0 fully saturated rings. The molecule has 1 heterocycles. The van der Waals surface area contributed by atoms with Crippen LogP contribution in [0, 0.1) is 10.3 Å². The maximum absolute atomic E-state index is 10.8. The fourth-order valence-electron chi connectivity index (χ4n) is 1.10. The van der Waals surface area contributed by atoms with Crippen LogP contribution in [0.1, 0.15) is 5.56 Å². The second kappa shape index (κ2) is 6.73. The first-order valence-corrected chi connectivity index (χ1v) is 4.43. The van der Waals surface area contributed by atoms with Crippen LogP contribution >= 0.6 is 12.4 Å². The Kier molecular flexibility index (Phi) is 6.02. The highest BCUT2D eigenvalue weighted by atomic mass is 35.5. The first-order valence-electron chi connectivity index (χ1n) is 4.43. The Bertz CT molecular complexity index is 372. The average Bonchev–Trinajstić information content (AvgIpc) is 2.26. The lowest BCUT2D eigenvalue weighted by atomic mass is 10.3. The lowest BCUT2D eigenvalue weighted by molar-refractivity contribution is -0.696. The van der Waals surface area contributed by atoms with Crippen LogP contribution in [-0.4, -0.2) is 24.5 Å². The van der Waals surface area contributed by atoms with Crippen LogP contribution in [-0.2, 0) is 6.54 Å². The van der Waals surface area contributed by atoms with Crippen LogP contribution in [0.5, 0.6) is 0 Å². The molecule has 0 aromatic carbocycles. The number of halogens is 1.